The van der Waals surface area contributed by atoms with Crippen molar-refractivity contribution in [2.24, 2.45) is 5.92 Å². The lowest BCUT2D eigenvalue weighted by molar-refractivity contribution is 0.239. The molecule has 0 radical (unpaired) electrons. The molecule has 2 aliphatic rings. The van der Waals surface area contributed by atoms with Gasteiger partial charge >= 0.3 is 0 Å². The quantitative estimate of drug-likeness (QED) is 0.763. The molecule has 1 fully saturated rings. The molecular formula is C17H32N2. The summed E-state index contributed by atoms with van der Waals surface area (Å²) in [4.78, 5) is 2.70. The SMILES string of the molecule is CCC(C)C1CN(CCC2=CCCCC2)CCCN1. The van der Waals surface area contributed by atoms with Gasteiger partial charge in [-0.15, -0.1) is 0 Å². The first kappa shape index (κ1) is 15.1. The molecule has 2 rings (SSSR count). The maximum absolute atomic E-state index is 3.74. The van der Waals surface area contributed by atoms with Gasteiger partial charge in [-0.1, -0.05) is 31.9 Å². The van der Waals surface area contributed by atoms with Crippen LogP contribution in [0.15, 0.2) is 11.6 Å². The van der Waals surface area contributed by atoms with Gasteiger partial charge in [0.05, 0.1) is 0 Å². The molecule has 1 N–H and O–H groups in total. The molecule has 2 unspecified atom stereocenters. The van der Waals surface area contributed by atoms with Gasteiger partial charge in [-0.3, -0.25) is 0 Å². The number of nitrogens with one attached hydrogen (secondary N) is 1. The molecular weight excluding hydrogens is 232 g/mol. The number of nitrogens with zero attached hydrogens (tertiary/aromatic N) is 1. The predicted molar refractivity (Wildman–Crippen MR) is 83.5 cm³/mol. The van der Waals surface area contributed by atoms with Crippen molar-refractivity contribution in [2.75, 3.05) is 26.2 Å². The number of allylic oxidation sites excluding steroid dienone is 1. The van der Waals surface area contributed by atoms with Gasteiger partial charge in [0, 0.05) is 19.1 Å². The molecule has 19 heavy (non-hydrogen) atoms. The molecule has 0 amide bonds. The van der Waals surface area contributed by atoms with Crippen LogP contribution in [-0.4, -0.2) is 37.1 Å². The Balaban J connectivity index is 1.79. The molecule has 1 heterocycles. The van der Waals surface area contributed by atoms with Crippen molar-refractivity contribution in [3.63, 3.8) is 0 Å². The maximum atomic E-state index is 3.74. The first-order valence-electron chi connectivity index (χ1n) is 8.43. The average Bonchev–Trinajstić information content (AvgIpc) is 2.71. The van der Waals surface area contributed by atoms with E-state index in [2.05, 4.69) is 30.1 Å². The second-order valence-electron chi connectivity index (χ2n) is 6.46. The Morgan fingerprint density at radius 3 is 3.00 bits per heavy atom. The Kier molecular flexibility index (Phi) is 6.39. The number of hydrogen-bond acceptors (Lipinski definition) is 2. The molecule has 0 aromatic rings. The van der Waals surface area contributed by atoms with Crippen LogP contribution in [0.25, 0.3) is 0 Å². The van der Waals surface area contributed by atoms with Crippen molar-refractivity contribution in [1.29, 1.82) is 0 Å². The number of hydrogen-bond donors (Lipinski definition) is 1. The molecule has 2 atom stereocenters. The molecule has 0 aromatic carbocycles. The van der Waals surface area contributed by atoms with Gasteiger partial charge in [0.2, 0.25) is 0 Å². The minimum atomic E-state index is 0.702. The lowest BCUT2D eigenvalue weighted by Gasteiger charge is -2.28. The Hall–Kier alpha value is -0.340. The molecule has 110 valence electrons. The third kappa shape index (κ3) is 4.92. The number of rotatable bonds is 5. The monoisotopic (exact) mass is 264 g/mol. The highest BCUT2D eigenvalue weighted by atomic mass is 15.2. The van der Waals surface area contributed by atoms with Gasteiger partial charge in [0.25, 0.3) is 0 Å². The molecule has 0 bridgehead atoms. The van der Waals surface area contributed by atoms with Gasteiger partial charge in [-0.05, 0) is 57.5 Å². The standard InChI is InChI=1S/C17H32N2/c1-3-15(2)17-14-19(12-7-11-18-17)13-10-16-8-5-4-6-9-16/h8,15,17-18H,3-7,9-14H2,1-2H3. The molecule has 0 aromatic heterocycles. The largest absolute Gasteiger partial charge is 0.312 e. The summed E-state index contributed by atoms with van der Waals surface area (Å²) in [7, 11) is 0. The Morgan fingerprint density at radius 2 is 2.26 bits per heavy atom. The van der Waals surface area contributed by atoms with Crippen LogP contribution in [0.3, 0.4) is 0 Å². The molecule has 1 aliphatic heterocycles. The Bertz CT molecular complexity index is 285. The van der Waals surface area contributed by atoms with Crippen LogP contribution in [0.5, 0.6) is 0 Å². The van der Waals surface area contributed by atoms with Gasteiger partial charge in [-0.2, -0.15) is 0 Å². The average molecular weight is 264 g/mol. The van der Waals surface area contributed by atoms with E-state index in [1.165, 1.54) is 71.1 Å². The van der Waals surface area contributed by atoms with Crippen LogP contribution in [0, 0.1) is 5.92 Å². The third-order valence-corrected chi connectivity index (χ3v) is 4.98. The van der Waals surface area contributed by atoms with E-state index in [4.69, 9.17) is 0 Å². The van der Waals surface area contributed by atoms with Crippen LogP contribution >= 0.6 is 0 Å². The van der Waals surface area contributed by atoms with Crippen molar-refractivity contribution < 1.29 is 0 Å². The predicted octanol–water partition coefficient (Wildman–Crippen LogP) is 3.59. The minimum Gasteiger partial charge on any atom is -0.312 e. The van der Waals surface area contributed by atoms with Crippen LogP contribution in [-0.2, 0) is 0 Å². The zero-order valence-electron chi connectivity index (χ0n) is 13.0. The molecule has 1 saturated heterocycles. The van der Waals surface area contributed by atoms with E-state index < -0.39 is 0 Å². The first-order valence-corrected chi connectivity index (χ1v) is 8.43. The molecule has 1 aliphatic carbocycles. The summed E-state index contributed by atoms with van der Waals surface area (Å²) in [5, 5.41) is 3.74. The van der Waals surface area contributed by atoms with E-state index in [1.807, 2.05) is 0 Å². The van der Waals surface area contributed by atoms with Gasteiger partial charge < -0.3 is 10.2 Å². The molecule has 2 nitrogen and oxygen atoms in total. The van der Waals surface area contributed by atoms with E-state index >= 15 is 0 Å². The van der Waals surface area contributed by atoms with Crippen molar-refractivity contribution in [3.8, 4) is 0 Å². The van der Waals surface area contributed by atoms with Gasteiger partial charge in [0.1, 0.15) is 0 Å². The van der Waals surface area contributed by atoms with Crippen LogP contribution in [0.1, 0.15) is 58.8 Å². The Labute approximate surface area is 119 Å². The summed E-state index contributed by atoms with van der Waals surface area (Å²) >= 11 is 0. The topological polar surface area (TPSA) is 15.3 Å². The molecule has 2 heteroatoms. The van der Waals surface area contributed by atoms with Gasteiger partial charge in [0.15, 0.2) is 0 Å². The summed E-state index contributed by atoms with van der Waals surface area (Å²) in [6.07, 6.45) is 11.9. The molecule has 0 spiro atoms. The minimum absolute atomic E-state index is 0.702. The van der Waals surface area contributed by atoms with Crippen molar-refractivity contribution >= 4 is 0 Å². The highest BCUT2D eigenvalue weighted by Gasteiger charge is 2.21. The lowest BCUT2D eigenvalue weighted by Crippen LogP contribution is -2.42. The van der Waals surface area contributed by atoms with Crippen LogP contribution in [0.4, 0.5) is 0 Å². The summed E-state index contributed by atoms with van der Waals surface area (Å²) in [6, 6.07) is 0.702. The van der Waals surface area contributed by atoms with Crippen molar-refractivity contribution in [1.82, 2.24) is 10.2 Å². The summed E-state index contributed by atoms with van der Waals surface area (Å²) in [6.45, 7) is 9.73. The molecule has 0 saturated carbocycles. The highest BCUT2D eigenvalue weighted by Crippen LogP contribution is 2.21. The zero-order chi connectivity index (χ0) is 13.5. The second-order valence-corrected chi connectivity index (χ2v) is 6.46. The van der Waals surface area contributed by atoms with E-state index in [-0.39, 0.29) is 0 Å². The van der Waals surface area contributed by atoms with E-state index in [0.29, 0.717) is 6.04 Å². The first-order chi connectivity index (χ1) is 9.29. The fourth-order valence-electron chi connectivity index (χ4n) is 3.33. The fraction of sp³-hybridized carbons (Fsp3) is 0.882. The van der Waals surface area contributed by atoms with Crippen molar-refractivity contribution in [2.45, 2.75) is 64.8 Å². The Morgan fingerprint density at radius 1 is 1.37 bits per heavy atom. The van der Waals surface area contributed by atoms with Crippen LogP contribution < -0.4 is 5.32 Å². The summed E-state index contributed by atoms with van der Waals surface area (Å²) in [5.74, 6) is 0.800. The summed E-state index contributed by atoms with van der Waals surface area (Å²) in [5.41, 5.74) is 1.73. The lowest BCUT2D eigenvalue weighted by atomic mass is 9.96. The van der Waals surface area contributed by atoms with Crippen LogP contribution in [0.2, 0.25) is 0 Å². The van der Waals surface area contributed by atoms with E-state index in [9.17, 15) is 0 Å². The summed E-state index contributed by atoms with van der Waals surface area (Å²) < 4.78 is 0. The maximum Gasteiger partial charge on any atom is 0.0220 e. The van der Waals surface area contributed by atoms with E-state index in [0.717, 1.165) is 5.92 Å². The fourth-order valence-corrected chi connectivity index (χ4v) is 3.33. The smallest absolute Gasteiger partial charge is 0.0220 e. The zero-order valence-corrected chi connectivity index (χ0v) is 13.0. The van der Waals surface area contributed by atoms with Crippen molar-refractivity contribution in [3.05, 3.63) is 11.6 Å². The van der Waals surface area contributed by atoms with E-state index in [1.54, 1.807) is 5.57 Å². The second kappa shape index (κ2) is 8.06. The normalized spacial score (nSPS) is 27.7. The highest BCUT2D eigenvalue weighted by molar-refractivity contribution is 5.05. The van der Waals surface area contributed by atoms with Gasteiger partial charge in [-0.25, -0.2) is 0 Å². The third-order valence-electron chi connectivity index (χ3n) is 4.98.